The number of amides is 1. The molecule has 0 radical (unpaired) electrons. The molecule has 9 heteroatoms. The van der Waals surface area contributed by atoms with Gasteiger partial charge in [-0.15, -0.1) is 0 Å². The van der Waals surface area contributed by atoms with Crippen LogP contribution in [0.3, 0.4) is 0 Å². The number of nitrogens with one attached hydrogen (secondary N) is 2. The highest BCUT2D eigenvalue weighted by atomic mass is 16.5. The summed E-state index contributed by atoms with van der Waals surface area (Å²) < 4.78 is 12.5. The quantitative estimate of drug-likeness (QED) is 0.390. The summed E-state index contributed by atoms with van der Waals surface area (Å²) in [5.41, 5.74) is 1.75. The molecule has 33 heavy (non-hydrogen) atoms. The number of H-pyrrole nitrogens is 1. The summed E-state index contributed by atoms with van der Waals surface area (Å²) in [6.07, 6.45) is 3.56. The average Bonchev–Trinajstić information content (AvgIpc) is 3.48. The van der Waals surface area contributed by atoms with Crippen molar-refractivity contribution in [3.8, 4) is 23.2 Å². The van der Waals surface area contributed by atoms with Gasteiger partial charge in [0.1, 0.15) is 17.3 Å². The lowest BCUT2D eigenvalue weighted by atomic mass is 10.2. The molecule has 4 rings (SSSR count). The van der Waals surface area contributed by atoms with Crippen molar-refractivity contribution >= 4 is 11.7 Å². The maximum atomic E-state index is 12.9. The molecule has 1 aromatic carbocycles. The van der Waals surface area contributed by atoms with Crippen molar-refractivity contribution in [3.05, 3.63) is 75.9 Å². The van der Waals surface area contributed by atoms with E-state index in [1.54, 1.807) is 56.3 Å². The minimum absolute atomic E-state index is 0.191. The fourth-order valence-electron chi connectivity index (χ4n) is 3.13. The van der Waals surface area contributed by atoms with E-state index in [2.05, 4.69) is 27.3 Å². The summed E-state index contributed by atoms with van der Waals surface area (Å²) in [6, 6.07) is 12.1. The van der Waals surface area contributed by atoms with Crippen LogP contribution in [0, 0.1) is 13.8 Å². The van der Waals surface area contributed by atoms with Crippen molar-refractivity contribution in [2.24, 2.45) is 0 Å². The molecule has 0 bridgehead atoms. The molecule has 3 heterocycles. The number of furan rings is 1. The molecule has 4 aromatic rings. The average molecular weight is 447 g/mol. The van der Waals surface area contributed by atoms with Gasteiger partial charge in [0, 0.05) is 22.9 Å². The number of aromatic amines is 1. The number of rotatable bonds is 8. The van der Waals surface area contributed by atoms with Gasteiger partial charge in [0.05, 0.1) is 12.9 Å². The fourth-order valence-corrected chi connectivity index (χ4v) is 3.13. The Bertz CT molecular complexity index is 1300. The molecule has 0 aliphatic heterocycles. The molecule has 0 fully saturated rings. The van der Waals surface area contributed by atoms with Gasteiger partial charge in [-0.05, 0) is 56.7 Å². The molecule has 0 unspecified atom stereocenters. The molecule has 170 valence electrons. The van der Waals surface area contributed by atoms with Crippen LogP contribution in [0.4, 0.5) is 5.82 Å². The van der Waals surface area contributed by atoms with Crippen LogP contribution in [-0.4, -0.2) is 32.3 Å². The second-order valence-corrected chi connectivity index (χ2v) is 7.58. The predicted molar refractivity (Wildman–Crippen MR) is 124 cm³/mol. The zero-order valence-corrected chi connectivity index (χ0v) is 18.7. The Hall–Kier alpha value is -4.14. The van der Waals surface area contributed by atoms with Crippen molar-refractivity contribution in [1.82, 2.24) is 19.7 Å². The number of benzene rings is 1. The lowest BCUT2D eigenvalue weighted by molar-refractivity contribution is 0.102. The first-order valence-electron chi connectivity index (χ1n) is 10.7. The second-order valence-electron chi connectivity index (χ2n) is 7.58. The third-order valence-corrected chi connectivity index (χ3v) is 5.19. The summed E-state index contributed by atoms with van der Waals surface area (Å²) in [5.74, 6) is 1.41. The van der Waals surface area contributed by atoms with Crippen molar-refractivity contribution in [2.45, 2.75) is 33.6 Å². The Morgan fingerprint density at radius 1 is 1.21 bits per heavy atom. The molecule has 0 aliphatic carbocycles. The van der Waals surface area contributed by atoms with Crippen molar-refractivity contribution in [1.29, 1.82) is 0 Å². The van der Waals surface area contributed by atoms with Gasteiger partial charge in [0.2, 0.25) is 5.95 Å². The number of nitrogens with zero attached hydrogens (tertiary/aromatic N) is 3. The van der Waals surface area contributed by atoms with Crippen molar-refractivity contribution in [3.63, 3.8) is 0 Å². The first-order valence-corrected chi connectivity index (χ1v) is 10.7. The lowest BCUT2D eigenvalue weighted by Gasteiger charge is -2.10. The smallest absolute Gasteiger partial charge is 0.256 e. The van der Waals surface area contributed by atoms with E-state index in [1.165, 1.54) is 10.9 Å². The summed E-state index contributed by atoms with van der Waals surface area (Å²) in [4.78, 5) is 32.4. The Morgan fingerprint density at radius 3 is 2.67 bits per heavy atom. The van der Waals surface area contributed by atoms with Gasteiger partial charge in [-0.25, -0.2) is 4.98 Å². The van der Waals surface area contributed by atoms with Crippen LogP contribution in [0.2, 0.25) is 0 Å². The van der Waals surface area contributed by atoms with E-state index in [-0.39, 0.29) is 17.4 Å². The number of hydrogen-bond acceptors (Lipinski definition) is 6. The third kappa shape index (κ3) is 4.87. The molecule has 1 amide bonds. The van der Waals surface area contributed by atoms with Gasteiger partial charge < -0.3 is 14.5 Å². The summed E-state index contributed by atoms with van der Waals surface area (Å²) in [5, 5.41) is 7.34. The molecule has 0 atom stereocenters. The van der Waals surface area contributed by atoms with Crippen LogP contribution in [0.5, 0.6) is 5.75 Å². The van der Waals surface area contributed by atoms with Crippen LogP contribution < -0.4 is 15.6 Å². The van der Waals surface area contributed by atoms with Gasteiger partial charge in [0.15, 0.2) is 5.76 Å². The fraction of sp³-hybridized carbons (Fsp3) is 0.250. The highest BCUT2D eigenvalue weighted by molar-refractivity contribution is 6.04. The van der Waals surface area contributed by atoms with Crippen LogP contribution in [0.15, 0.2) is 57.9 Å². The molecular weight excluding hydrogens is 422 g/mol. The Kier molecular flexibility index (Phi) is 6.39. The number of carbonyl (C=O) groups excluding carboxylic acids is 1. The van der Waals surface area contributed by atoms with E-state index >= 15 is 0 Å². The normalized spacial score (nSPS) is 10.9. The number of anilines is 1. The first-order chi connectivity index (χ1) is 16.0. The predicted octanol–water partition coefficient (Wildman–Crippen LogP) is 4.26. The Balaban J connectivity index is 1.64. The number of aryl methyl sites for hydroxylation is 1. The van der Waals surface area contributed by atoms with E-state index in [0.29, 0.717) is 46.4 Å². The SMILES string of the molecule is CCCCOc1ccc(C(=O)Nc2cc(-c3ccco3)nn2-c2nc(C)c(C)c(=O)[nH]2)cc1. The number of carbonyl (C=O) groups is 1. The maximum absolute atomic E-state index is 12.9. The van der Waals surface area contributed by atoms with E-state index in [9.17, 15) is 9.59 Å². The van der Waals surface area contributed by atoms with E-state index < -0.39 is 0 Å². The number of ether oxygens (including phenoxy) is 1. The molecule has 9 nitrogen and oxygen atoms in total. The minimum atomic E-state index is -0.339. The molecule has 0 aliphatic rings. The van der Waals surface area contributed by atoms with Crippen LogP contribution >= 0.6 is 0 Å². The molecule has 2 N–H and O–H groups in total. The van der Waals surface area contributed by atoms with Gasteiger partial charge in [-0.2, -0.15) is 9.78 Å². The van der Waals surface area contributed by atoms with E-state index in [0.717, 1.165) is 12.8 Å². The van der Waals surface area contributed by atoms with Crippen LogP contribution in [0.1, 0.15) is 41.4 Å². The van der Waals surface area contributed by atoms with Crippen LogP contribution in [-0.2, 0) is 0 Å². The van der Waals surface area contributed by atoms with Crippen LogP contribution in [0.25, 0.3) is 17.4 Å². The number of hydrogen-bond donors (Lipinski definition) is 2. The molecule has 0 spiro atoms. The third-order valence-electron chi connectivity index (χ3n) is 5.19. The minimum Gasteiger partial charge on any atom is -0.494 e. The summed E-state index contributed by atoms with van der Waals surface area (Å²) >= 11 is 0. The monoisotopic (exact) mass is 447 g/mol. The maximum Gasteiger partial charge on any atom is 0.256 e. The molecular formula is C24H25N5O4. The zero-order valence-electron chi connectivity index (χ0n) is 18.7. The number of aromatic nitrogens is 4. The van der Waals surface area contributed by atoms with Crippen molar-refractivity contribution < 1.29 is 13.9 Å². The zero-order chi connectivity index (χ0) is 23.4. The highest BCUT2D eigenvalue weighted by Crippen LogP contribution is 2.25. The molecule has 0 saturated carbocycles. The Morgan fingerprint density at radius 2 is 2.00 bits per heavy atom. The van der Waals surface area contributed by atoms with E-state index in [4.69, 9.17) is 9.15 Å². The van der Waals surface area contributed by atoms with Gasteiger partial charge in [0.25, 0.3) is 11.5 Å². The second kappa shape index (κ2) is 9.56. The largest absolute Gasteiger partial charge is 0.494 e. The Labute approximate surface area is 190 Å². The van der Waals surface area contributed by atoms with Gasteiger partial charge >= 0.3 is 0 Å². The standard InChI is InChI=1S/C24H25N5O4/c1-4-5-12-32-18-10-8-17(9-11-18)23(31)26-21-14-19(20-7-6-13-33-20)28-29(21)24-25-16(3)15(2)22(30)27-24/h6-11,13-14H,4-5,12H2,1-3H3,(H,26,31)(H,25,27,30). The highest BCUT2D eigenvalue weighted by Gasteiger charge is 2.18. The summed E-state index contributed by atoms with van der Waals surface area (Å²) in [6.45, 7) is 6.17. The molecule has 3 aromatic heterocycles. The number of unbranched alkanes of at least 4 members (excludes halogenated alkanes) is 1. The topological polar surface area (TPSA) is 115 Å². The molecule has 0 saturated heterocycles. The van der Waals surface area contributed by atoms with E-state index in [1.807, 2.05) is 0 Å². The summed E-state index contributed by atoms with van der Waals surface area (Å²) in [7, 11) is 0. The van der Waals surface area contributed by atoms with Gasteiger partial charge in [-0.3, -0.25) is 14.6 Å². The van der Waals surface area contributed by atoms with Crippen molar-refractivity contribution in [2.75, 3.05) is 11.9 Å². The lowest BCUT2D eigenvalue weighted by Crippen LogP contribution is -2.20. The van der Waals surface area contributed by atoms with Gasteiger partial charge in [-0.1, -0.05) is 13.3 Å². The first kappa shape index (κ1) is 22.1.